The van der Waals surface area contributed by atoms with E-state index in [-0.39, 0.29) is 24.4 Å². The van der Waals surface area contributed by atoms with Crippen LogP contribution in [0.5, 0.6) is 0 Å². The zero-order valence-corrected chi connectivity index (χ0v) is 16.5. The van der Waals surface area contributed by atoms with Gasteiger partial charge in [-0.2, -0.15) is 0 Å². The summed E-state index contributed by atoms with van der Waals surface area (Å²) in [6.45, 7) is 4.16. The summed E-state index contributed by atoms with van der Waals surface area (Å²) in [6.07, 6.45) is 13.0. The molecule has 1 saturated heterocycles. The average Bonchev–Trinajstić information content (AvgIpc) is 3.11. The summed E-state index contributed by atoms with van der Waals surface area (Å²) < 4.78 is 0. The summed E-state index contributed by atoms with van der Waals surface area (Å²) in [5, 5.41) is 6.37. The lowest BCUT2D eigenvalue weighted by Crippen LogP contribution is -2.36. The molecular formula is C21H35ClN2O. The van der Waals surface area contributed by atoms with Crippen molar-refractivity contribution in [1.29, 1.82) is 0 Å². The number of nitrogens with one attached hydrogen (secondary N) is 2. The van der Waals surface area contributed by atoms with Crippen molar-refractivity contribution in [1.82, 2.24) is 10.6 Å². The third kappa shape index (κ3) is 8.73. The molecule has 1 aromatic rings. The summed E-state index contributed by atoms with van der Waals surface area (Å²) >= 11 is 0. The Morgan fingerprint density at radius 2 is 1.68 bits per heavy atom. The molecule has 1 aromatic carbocycles. The van der Waals surface area contributed by atoms with Gasteiger partial charge in [0.25, 0.3) is 5.91 Å². The van der Waals surface area contributed by atoms with Gasteiger partial charge in [-0.15, -0.1) is 12.4 Å². The van der Waals surface area contributed by atoms with Gasteiger partial charge in [-0.3, -0.25) is 4.79 Å². The van der Waals surface area contributed by atoms with Crippen LogP contribution in [0.2, 0.25) is 0 Å². The van der Waals surface area contributed by atoms with Gasteiger partial charge in [0.2, 0.25) is 0 Å². The van der Waals surface area contributed by atoms with E-state index in [9.17, 15) is 4.79 Å². The summed E-state index contributed by atoms with van der Waals surface area (Å²) in [4.78, 5) is 12.2. The maximum Gasteiger partial charge on any atom is 0.251 e. The van der Waals surface area contributed by atoms with Crippen LogP contribution in [0, 0.1) is 0 Å². The van der Waals surface area contributed by atoms with Gasteiger partial charge in [0.05, 0.1) is 0 Å². The molecule has 0 aliphatic carbocycles. The van der Waals surface area contributed by atoms with Gasteiger partial charge >= 0.3 is 0 Å². The molecule has 1 amide bonds. The van der Waals surface area contributed by atoms with Gasteiger partial charge in [0.15, 0.2) is 0 Å². The molecule has 2 N–H and O–H groups in total. The smallest absolute Gasteiger partial charge is 0.251 e. The first-order chi connectivity index (χ1) is 11.8. The molecule has 1 fully saturated rings. The Morgan fingerprint density at radius 3 is 2.28 bits per heavy atom. The Labute approximate surface area is 159 Å². The fourth-order valence-electron chi connectivity index (χ4n) is 3.33. The molecule has 1 aliphatic rings. The van der Waals surface area contributed by atoms with Crippen LogP contribution in [0.25, 0.3) is 0 Å². The number of amides is 1. The van der Waals surface area contributed by atoms with Crippen molar-refractivity contribution in [2.45, 2.75) is 77.2 Å². The summed E-state index contributed by atoms with van der Waals surface area (Å²) in [7, 11) is 0. The van der Waals surface area contributed by atoms with Gasteiger partial charge in [0, 0.05) is 18.2 Å². The fourth-order valence-corrected chi connectivity index (χ4v) is 3.33. The molecule has 0 aromatic heterocycles. The van der Waals surface area contributed by atoms with Crippen LogP contribution in [-0.2, 0) is 6.42 Å². The monoisotopic (exact) mass is 366 g/mol. The number of benzene rings is 1. The van der Waals surface area contributed by atoms with Crippen LogP contribution in [0.15, 0.2) is 24.3 Å². The van der Waals surface area contributed by atoms with Gasteiger partial charge < -0.3 is 10.6 Å². The highest BCUT2D eigenvalue weighted by molar-refractivity contribution is 5.94. The van der Waals surface area contributed by atoms with Gasteiger partial charge in [-0.25, -0.2) is 0 Å². The van der Waals surface area contributed by atoms with E-state index in [0.29, 0.717) is 0 Å². The third-order valence-electron chi connectivity index (χ3n) is 4.93. The van der Waals surface area contributed by atoms with Crippen LogP contribution in [0.1, 0.15) is 80.6 Å². The Bertz CT molecular complexity index is 469. The highest BCUT2D eigenvalue weighted by Gasteiger charge is 2.17. The SMILES string of the molecule is CCCCCCCCCCc1ccc(C(=O)NC2CCNC2)cc1.Cl. The zero-order chi connectivity index (χ0) is 17.0. The number of carbonyl (C=O) groups is 1. The Hall–Kier alpha value is -1.06. The zero-order valence-electron chi connectivity index (χ0n) is 15.7. The van der Waals surface area contributed by atoms with Crippen LogP contribution in [-0.4, -0.2) is 25.0 Å². The number of unbranched alkanes of at least 4 members (excludes halogenated alkanes) is 7. The highest BCUT2D eigenvalue weighted by Crippen LogP contribution is 2.12. The molecule has 142 valence electrons. The van der Waals surface area contributed by atoms with E-state index in [1.54, 1.807) is 0 Å². The Kier molecular flexibility index (Phi) is 11.6. The fraction of sp³-hybridized carbons (Fsp3) is 0.667. The van der Waals surface area contributed by atoms with Crippen molar-refractivity contribution in [2.24, 2.45) is 0 Å². The van der Waals surface area contributed by atoms with E-state index in [1.807, 2.05) is 12.1 Å². The predicted octanol–water partition coefficient (Wildman–Crippen LogP) is 4.88. The van der Waals surface area contributed by atoms with Crippen molar-refractivity contribution in [3.63, 3.8) is 0 Å². The molecule has 1 aliphatic heterocycles. The summed E-state index contributed by atoms with van der Waals surface area (Å²) in [5.41, 5.74) is 2.13. The number of carbonyl (C=O) groups excluding carboxylic acids is 1. The van der Waals surface area contributed by atoms with Crippen molar-refractivity contribution in [3.8, 4) is 0 Å². The van der Waals surface area contributed by atoms with Crippen LogP contribution in [0.3, 0.4) is 0 Å². The van der Waals surface area contributed by atoms with Crippen LogP contribution in [0.4, 0.5) is 0 Å². The summed E-state index contributed by atoms with van der Waals surface area (Å²) in [6, 6.07) is 8.45. The van der Waals surface area contributed by atoms with Gasteiger partial charge in [0.1, 0.15) is 0 Å². The van der Waals surface area contributed by atoms with Gasteiger partial charge in [-0.1, -0.05) is 64.0 Å². The molecule has 2 rings (SSSR count). The molecule has 0 spiro atoms. The normalized spacial score (nSPS) is 16.4. The number of hydrogen-bond donors (Lipinski definition) is 2. The molecule has 4 heteroatoms. The predicted molar refractivity (Wildman–Crippen MR) is 109 cm³/mol. The van der Waals surface area contributed by atoms with E-state index >= 15 is 0 Å². The lowest BCUT2D eigenvalue weighted by Gasteiger charge is -2.11. The first-order valence-corrected chi connectivity index (χ1v) is 9.90. The Morgan fingerprint density at radius 1 is 1.04 bits per heavy atom. The van der Waals surface area contributed by atoms with Crippen molar-refractivity contribution < 1.29 is 4.79 Å². The second kappa shape index (κ2) is 13.2. The minimum Gasteiger partial charge on any atom is -0.348 e. The Balaban J connectivity index is 0.00000312. The molecule has 0 bridgehead atoms. The lowest BCUT2D eigenvalue weighted by atomic mass is 10.0. The quantitative estimate of drug-likeness (QED) is 0.548. The second-order valence-corrected chi connectivity index (χ2v) is 7.08. The van der Waals surface area contributed by atoms with E-state index in [4.69, 9.17) is 0 Å². The van der Waals surface area contributed by atoms with E-state index in [0.717, 1.165) is 31.5 Å². The first kappa shape index (κ1) is 22.0. The maximum atomic E-state index is 12.2. The largest absolute Gasteiger partial charge is 0.348 e. The standard InChI is InChI=1S/C21H34N2O.ClH/c1-2-3-4-5-6-7-8-9-10-18-11-13-19(14-12-18)21(24)23-20-15-16-22-17-20;/h11-14,20,22H,2-10,15-17H2,1H3,(H,23,24);1H. The van der Waals surface area contributed by atoms with E-state index < -0.39 is 0 Å². The molecule has 0 saturated carbocycles. The number of hydrogen-bond acceptors (Lipinski definition) is 2. The van der Waals surface area contributed by atoms with Crippen LogP contribution >= 0.6 is 12.4 Å². The van der Waals surface area contributed by atoms with Crippen molar-refractivity contribution in [2.75, 3.05) is 13.1 Å². The number of rotatable bonds is 11. The van der Waals surface area contributed by atoms with Crippen LogP contribution < -0.4 is 10.6 Å². The number of halogens is 1. The van der Waals surface area contributed by atoms with E-state index in [1.165, 1.54) is 56.9 Å². The minimum atomic E-state index is 0. The summed E-state index contributed by atoms with van der Waals surface area (Å²) in [5.74, 6) is 0.0577. The number of aryl methyl sites for hydroxylation is 1. The molecule has 1 heterocycles. The lowest BCUT2D eigenvalue weighted by molar-refractivity contribution is 0.0940. The highest BCUT2D eigenvalue weighted by atomic mass is 35.5. The van der Waals surface area contributed by atoms with Crippen molar-refractivity contribution in [3.05, 3.63) is 35.4 Å². The molecule has 1 unspecified atom stereocenters. The third-order valence-corrected chi connectivity index (χ3v) is 4.93. The molecule has 0 radical (unpaired) electrons. The average molecular weight is 367 g/mol. The molecular weight excluding hydrogens is 332 g/mol. The van der Waals surface area contributed by atoms with Gasteiger partial charge in [-0.05, 0) is 43.5 Å². The maximum absolute atomic E-state index is 12.2. The minimum absolute atomic E-state index is 0. The molecule has 25 heavy (non-hydrogen) atoms. The molecule has 1 atom stereocenters. The molecule has 3 nitrogen and oxygen atoms in total. The van der Waals surface area contributed by atoms with E-state index in [2.05, 4.69) is 29.7 Å². The second-order valence-electron chi connectivity index (χ2n) is 7.08. The van der Waals surface area contributed by atoms with Crippen molar-refractivity contribution >= 4 is 18.3 Å². The topological polar surface area (TPSA) is 41.1 Å². The first-order valence-electron chi connectivity index (χ1n) is 9.90.